The SMILES string of the molecule is CC(C)(O)C(C)(C)OB(O)c1cc(C(=O)O)ccc1Cl. The molecule has 3 N–H and O–H groups in total. The van der Waals surface area contributed by atoms with Crippen LogP contribution in [-0.4, -0.2) is 39.5 Å². The molecule has 1 aromatic rings. The van der Waals surface area contributed by atoms with Crippen molar-refractivity contribution < 1.29 is 24.7 Å². The number of hydrogen-bond donors (Lipinski definition) is 3. The molecule has 0 atom stereocenters. The van der Waals surface area contributed by atoms with Crippen LogP contribution in [0.4, 0.5) is 0 Å². The average molecular weight is 301 g/mol. The lowest BCUT2D eigenvalue weighted by Gasteiger charge is -2.38. The number of rotatable bonds is 5. The van der Waals surface area contributed by atoms with Gasteiger partial charge in [0.1, 0.15) is 0 Å². The minimum absolute atomic E-state index is 0.00638. The minimum Gasteiger partial charge on any atom is -0.478 e. The number of benzene rings is 1. The van der Waals surface area contributed by atoms with E-state index in [9.17, 15) is 14.9 Å². The van der Waals surface area contributed by atoms with Crippen molar-refractivity contribution in [2.45, 2.75) is 38.9 Å². The van der Waals surface area contributed by atoms with Crippen LogP contribution in [0.5, 0.6) is 0 Å². The van der Waals surface area contributed by atoms with Crippen LogP contribution in [0.2, 0.25) is 5.02 Å². The molecule has 1 rings (SSSR count). The lowest BCUT2D eigenvalue weighted by molar-refractivity contribution is -0.0982. The Morgan fingerprint density at radius 2 is 1.85 bits per heavy atom. The van der Waals surface area contributed by atoms with Crippen molar-refractivity contribution in [1.29, 1.82) is 0 Å². The molecule has 7 heteroatoms. The van der Waals surface area contributed by atoms with Crippen molar-refractivity contribution in [1.82, 2.24) is 0 Å². The molecule has 1 aromatic carbocycles. The third-order valence-corrected chi connectivity index (χ3v) is 3.73. The number of aromatic carboxylic acids is 1. The number of aliphatic hydroxyl groups is 1. The fourth-order valence-electron chi connectivity index (χ4n) is 1.35. The van der Waals surface area contributed by atoms with Gasteiger partial charge >= 0.3 is 13.1 Å². The fraction of sp³-hybridized carbons (Fsp3) is 0.462. The molecule has 0 saturated heterocycles. The van der Waals surface area contributed by atoms with E-state index in [0.29, 0.717) is 0 Å². The standard InChI is InChI=1S/C13H18BClO5/c1-12(2,18)13(3,4)20-14(19)9-7-8(11(16)17)5-6-10(9)15/h5-7,18-19H,1-4H3,(H,16,17). The van der Waals surface area contributed by atoms with E-state index in [1.807, 2.05) is 0 Å². The maximum absolute atomic E-state index is 10.9. The molecule has 0 radical (unpaired) electrons. The smallest absolute Gasteiger partial charge is 0.478 e. The van der Waals surface area contributed by atoms with E-state index >= 15 is 0 Å². The summed E-state index contributed by atoms with van der Waals surface area (Å²) in [7, 11) is -1.44. The largest absolute Gasteiger partial charge is 0.493 e. The second-order valence-corrected chi connectivity index (χ2v) is 5.99. The van der Waals surface area contributed by atoms with Crippen LogP contribution >= 0.6 is 11.6 Å². The van der Waals surface area contributed by atoms with Gasteiger partial charge in [0, 0.05) is 10.5 Å². The molecule has 0 aromatic heterocycles. The van der Waals surface area contributed by atoms with Crippen LogP contribution in [0.25, 0.3) is 0 Å². The Kier molecular flexibility index (Phi) is 4.87. The molecule has 20 heavy (non-hydrogen) atoms. The van der Waals surface area contributed by atoms with Crippen molar-refractivity contribution in [3.8, 4) is 0 Å². The van der Waals surface area contributed by atoms with E-state index in [0.717, 1.165) is 0 Å². The van der Waals surface area contributed by atoms with Gasteiger partial charge < -0.3 is 19.9 Å². The number of carbonyl (C=O) groups is 1. The van der Waals surface area contributed by atoms with Crippen molar-refractivity contribution in [3.63, 3.8) is 0 Å². The zero-order valence-electron chi connectivity index (χ0n) is 11.8. The molecule has 0 fully saturated rings. The monoisotopic (exact) mass is 300 g/mol. The number of carboxylic acids is 1. The second kappa shape index (κ2) is 5.73. The molecule has 0 aliphatic rings. The topological polar surface area (TPSA) is 87.0 Å². The van der Waals surface area contributed by atoms with E-state index < -0.39 is 24.3 Å². The third kappa shape index (κ3) is 3.73. The normalized spacial score (nSPS) is 12.3. The number of halogens is 1. The molecule has 5 nitrogen and oxygen atoms in total. The Labute approximate surface area is 123 Å². The molecule has 0 aliphatic carbocycles. The number of hydrogen-bond acceptors (Lipinski definition) is 4. The first-order valence-electron chi connectivity index (χ1n) is 6.07. The van der Waals surface area contributed by atoms with Gasteiger partial charge in [0.2, 0.25) is 0 Å². The Morgan fingerprint density at radius 1 is 1.30 bits per heavy atom. The molecule has 110 valence electrons. The summed E-state index contributed by atoms with van der Waals surface area (Å²) in [6.45, 7) is 6.33. The zero-order valence-corrected chi connectivity index (χ0v) is 12.6. The molecule has 0 saturated carbocycles. The van der Waals surface area contributed by atoms with Gasteiger partial charge in [0.05, 0.1) is 16.8 Å². The summed E-state index contributed by atoms with van der Waals surface area (Å²) in [4.78, 5) is 10.9. The van der Waals surface area contributed by atoms with Crippen LogP contribution in [0.15, 0.2) is 18.2 Å². The van der Waals surface area contributed by atoms with Crippen molar-refractivity contribution in [2.75, 3.05) is 0 Å². The van der Waals surface area contributed by atoms with Gasteiger partial charge in [-0.2, -0.15) is 0 Å². The van der Waals surface area contributed by atoms with E-state index in [4.69, 9.17) is 21.4 Å². The Hall–Kier alpha value is -1.08. The highest BCUT2D eigenvalue weighted by Crippen LogP contribution is 2.25. The molecule has 0 aliphatic heterocycles. The minimum atomic E-state index is -1.44. The molecule has 0 unspecified atom stereocenters. The van der Waals surface area contributed by atoms with Crippen LogP contribution in [0.1, 0.15) is 38.1 Å². The molecular weight excluding hydrogens is 282 g/mol. The van der Waals surface area contributed by atoms with Gasteiger partial charge in [-0.05, 0) is 45.9 Å². The van der Waals surface area contributed by atoms with Gasteiger partial charge in [0.25, 0.3) is 0 Å². The van der Waals surface area contributed by atoms with E-state index in [1.165, 1.54) is 18.2 Å². The second-order valence-electron chi connectivity index (χ2n) is 5.58. The van der Waals surface area contributed by atoms with Crippen molar-refractivity contribution >= 4 is 30.2 Å². The maximum atomic E-state index is 10.9. The van der Waals surface area contributed by atoms with Crippen molar-refractivity contribution in [3.05, 3.63) is 28.8 Å². The summed E-state index contributed by atoms with van der Waals surface area (Å²) in [5.41, 5.74) is -2.13. The molecular formula is C13H18BClO5. The summed E-state index contributed by atoms with van der Waals surface area (Å²) < 4.78 is 5.43. The summed E-state index contributed by atoms with van der Waals surface area (Å²) in [5.74, 6) is -1.13. The highest BCUT2D eigenvalue weighted by Gasteiger charge is 2.40. The maximum Gasteiger partial charge on any atom is 0.493 e. The van der Waals surface area contributed by atoms with Gasteiger partial charge in [-0.3, -0.25) is 0 Å². The molecule has 0 heterocycles. The predicted molar refractivity (Wildman–Crippen MR) is 77.5 cm³/mol. The van der Waals surface area contributed by atoms with Crippen molar-refractivity contribution in [2.24, 2.45) is 0 Å². The van der Waals surface area contributed by atoms with Crippen LogP contribution in [-0.2, 0) is 4.65 Å². The first-order chi connectivity index (χ1) is 8.95. The van der Waals surface area contributed by atoms with Gasteiger partial charge in [0.15, 0.2) is 0 Å². The molecule has 0 amide bonds. The quantitative estimate of drug-likeness (QED) is 0.713. The van der Waals surface area contributed by atoms with Gasteiger partial charge in [-0.15, -0.1) is 0 Å². The summed E-state index contributed by atoms with van der Waals surface area (Å²) in [6.07, 6.45) is 0. The van der Waals surface area contributed by atoms with E-state index in [1.54, 1.807) is 27.7 Å². The van der Waals surface area contributed by atoms with Gasteiger partial charge in [-0.25, -0.2) is 4.79 Å². The number of carboxylic acid groups (broad SMARTS) is 1. The van der Waals surface area contributed by atoms with Crippen LogP contribution in [0, 0.1) is 0 Å². The first-order valence-corrected chi connectivity index (χ1v) is 6.44. The average Bonchev–Trinajstić information content (AvgIpc) is 2.26. The third-order valence-electron chi connectivity index (χ3n) is 3.39. The van der Waals surface area contributed by atoms with Crippen LogP contribution in [0.3, 0.4) is 0 Å². The fourth-order valence-corrected chi connectivity index (χ4v) is 1.56. The predicted octanol–water partition coefficient (Wildman–Crippen LogP) is 1.29. The highest BCUT2D eigenvalue weighted by molar-refractivity contribution is 6.64. The first kappa shape index (κ1) is 17.0. The van der Waals surface area contributed by atoms with E-state index in [-0.39, 0.29) is 16.0 Å². The molecule has 0 bridgehead atoms. The summed E-state index contributed by atoms with van der Waals surface area (Å²) in [5, 5.41) is 29.2. The summed E-state index contributed by atoms with van der Waals surface area (Å²) in [6, 6.07) is 3.96. The highest BCUT2D eigenvalue weighted by atomic mass is 35.5. The zero-order chi connectivity index (χ0) is 15.7. The lowest BCUT2D eigenvalue weighted by Crippen LogP contribution is -2.53. The van der Waals surface area contributed by atoms with E-state index in [2.05, 4.69) is 0 Å². The lowest BCUT2D eigenvalue weighted by atomic mass is 9.76. The van der Waals surface area contributed by atoms with Gasteiger partial charge in [-0.1, -0.05) is 11.6 Å². The Balaban J connectivity index is 3.07. The Morgan fingerprint density at radius 3 is 2.30 bits per heavy atom. The summed E-state index contributed by atoms with van der Waals surface area (Å²) >= 11 is 5.94. The molecule has 0 spiro atoms. The Bertz CT molecular complexity index is 510. The van der Waals surface area contributed by atoms with Crippen LogP contribution < -0.4 is 5.46 Å².